The van der Waals surface area contributed by atoms with E-state index in [-0.39, 0.29) is 11.4 Å². The molecule has 1 aliphatic rings. The molecule has 100 valence electrons. The monoisotopic (exact) mass is 314 g/mol. The Labute approximate surface area is 117 Å². The second-order valence-corrected chi connectivity index (χ2v) is 6.63. The SMILES string of the molecule is CC1CN(Cc2cc(Br)ccc2F)C(C)(C)CN1. The van der Waals surface area contributed by atoms with E-state index in [0.29, 0.717) is 12.6 Å². The summed E-state index contributed by atoms with van der Waals surface area (Å²) in [7, 11) is 0. The van der Waals surface area contributed by atoms with E-state index < -0.39 is 0 Å². The lowest BCUT2D eigenvalue weighted by Gasteiger charge is -2.45. The molecule has 0 bridgehead atoms. The molecule has 1 heterocycles. The van der Waals surface area contributed by atoms with Gasteiger partial charge in [-0.2, -0.15) is 0 Å². The van der Waals surface area contributed by atoms with Crippen LogP contribution in [0.1, 0.15) is 26.3 Å². The summed E-state index contributed by atoms with van der Waals surface area (Å²) in [6, 6.07) is 5.59. The quantitative estimate of drug-likeness (QED) is 0.902. The number of benzene rings is 1. The van der Waals surface area contributed by atoms with Gasteiger partial charge in [-0.25, -0.2) is 4.39 Å². The van der Waals surface area contributed by atoms with E-state index in [2.05, 4.69) is 46.9 Å². The van der Waals surface area contributed by atoms with E-state index in [1.54, 1.807) is 6.07 Å². The molecule has 4 heteroatoms. The summed E-state index contributed by atoms with van der Waals surface area (Å²) in [4.78, 5) is 2.35. The summed E-state index contributed by atoms with van der Waals surface area (Å²) in [6.45, 7) is 9.09. The number of halogens is 2. The molecule has 0 spiro atoms. The first-order valence-electron chi connectivity index (χ1n) is 6.31. The summed E-state index contributed by atoms with van der Waals surface area (Å²) in [5.41, 5.74) is 0.813. The van der Waals surface area contributed by atoms with Crippen molar-refractivity contribution < 1.29 is 4.39 Å². The minimum atomic E-state index is -0.125. The normalized spacial score (nSPS) is 24.2. The Morgan fingerprint density at radius 3 is 2.94 bits per heavy atom. The van der Waals surface area contributed by atoms with Crippen LogP contribution < -0.4 is 5.32 Å². The largest absolute Gasteiger partial charge is 0.311 e. The zero-order chi connectivity index (χ0) is 13.3. The van der Waals surface area contributed by atoms with Crippen LogP contribution in [-0.4, -0.2) is 29.6 Å². The first kappa shape index (κ1) is 14.0. The minimum absolute atomic E-state index is 0.0568. The Balaban J connectivity index is 2.18. The third kappa shape index (κ3) is 3.11. The van der Waals surface area contributed by atoms with E-state index in [4.69, 9.17) is 0 Å². The lowest BCUT2D eigenvalue weighted by atomic mass is 9.97. The van der Waals surface area contributed by atoms with Gasteiger partial charge in [0.05, 0.1) is 0 Å². The van der Waals surface area contributed by atoms with Crippen LogP contribution in [0.15, 0.2) is 22.7 Å². The summed E-state index contributed by atoms with van der Waals surface area (Å²) in [6.07, 6.45) is 0. The Bertz CT molecular complexity index is 434. The Morgan fingerprint density at radius 1 is 1.50 bits per heavy atom. The number of piperazine rings is 1. The van der Waals surface area contributed by atoms with E-state index in [1.165, 1.54) is 6.07 Å². The second kappa shape index (κ2) is 5.27. The Kier molecular flexibility index (Phi) is 4.09. The van der Waals surface area contributed by atoms with Crippen molar-refractivity contribution in [3.63, 3.8) is 0 Å². The van der Waals surface area contributed by atoms with Gasteiger partial charge in [-0.3, -0.25) is 4.90 Å². The minimum Gasteiger partial charge on any atom is -0.311 e. The summed E-state index contributed by atoms with van der Waals surface area (Å²) in [5, 5.41) is 3.47. The van der Waals surface area contributed by atoms with Gasteiger partial charge in [0, 0.05) is 41.3 Å². The van der Waals surface area contributed by atoms with Crippen LogP contribution in [0.5, 0.6) is 0 Å². The second-order valence-electron chi connectivity index (χ2n) is 5.71. The van der Waals surface area contributed by atoms with E-state index in [1.807, 2.05) is 6.07 Å². The van der Waals surface area contributed by atoms with Gasteiger partial charge in [0.15, 0.2) is 0 Å². The molecule has 0 radical (unpaired) electrons. The van der Waals surface area contributed by atoms with Crippen LogP contribution in [0.3, 0.4) is 0 Å². The highest BCUT2D eigenvalue weighted by molar-refractivity contribution is 9.10. The predicted molar refractivity (Wildman–Crippen MR) is 76.1 cm³/mol. The van der Waals surface area contributed by atoms with Crippen molar-refractivity contribution in [3.8, 4) is 0 Å². The maximum atomic E-state index is 13.8. The van der Waals surface area contributed by atoms with Crippen LogP contribution in [0.2, 0.25) is 0 Å². The van der Waals surface area contributed by atoms with Crippen molar-refractivity contribution in [2.75, 3.05) is 13.1 Å². The molecule has 1 unspecified atom stereocenters. The first-order chi connectivity index (χ1) is 8.38. The van der Waals surface area contributed by atoms with Gasteiger partial charge in [-0.1, -0.05) is 15.9 Å². The Hall–Kier alpha value is -0.450. The van der Waals surface area contributed by atoms with Crippen molar-refractivity contribution in [2.24, 2.45) is 0 Å². The highest BCUT2D eigenvalue weighted by atomic mass is 79.9. The molecular weight excluding hydrogens is 295 g/mol. The zero-order valence-electron chi connectivity index (χ0n) is 11.1. The van der Waals surface area contributed by atoms with Crippen molar-refractivity contribution in [1.82, 2.24) is 10.2 Å². The third-order valence-electron chi connectivity index (χ3n) is 3.60. The van der Waals surface area contributed by atoms with Crippen molar-refractivity contribution >= 4 is 15.9 Å². The van der Waals surface area contributed by atoms with Crippen molar-refractivity contribution in [2.45, 2.75) is 38.9 Å². The zero-order valence-corrected chi connectivity index (χ0v) is 12.7. The molecule has 1 saturated heterocycles. The molecule has 1 N–H and O–H groups in total. The van der Waals surface area contributed by atoms with Gasteiger partial charge in [-0.15, -0.1) is 0 Å². The topological polar surface area (TPSA) is 15.3 Å². The summed E-state index contributed by atoms with van der Waals surface area (Å²) < 4.78 is 14.7. The van der Waals surface area contributed by atoms with Gasteiger partial charge in [0.25, 0.3) is 0 Å². The molecule has 18 heavy (non-hydrogen) atoms. The predicted octanol–water partition coefficient (Wildman–Crippen LogP) is 3.16. The van der Waals surface area contributed by atoms with Gasteiger partial charge in [-0.05, 0) is 39.0 Å². The maximum Gasteiger partial charge on any atom is 0.127 e. The number of nitrogens with zero attached hydrogens (tertiary/aromatic N) is 1. The molecule has 0 aliphatic carbocycles. The number of hydrogen-bond acceptors (Lipinski definition) is 2. The fourth-order valence-corrected chi connectivity index (χ4v) is 2.74. The lowest BCUT2D eigenvalue weighted by Crippen LogP contribution is -2.60. The van der Waals surface area contributed by atoms with E-state index in [0.717, 1.165) is 23.1 Å². The Morgan fingerprint density at radius 2 is 2.22 bits per heavy atom. The van der Waals surface area contributed by atoms with Gasteiger partial charge in [0.2, 0.25) is 0 Å². The molecule has 1 aromatic rings. The maximum absolute atomic E-state index is 13.8. The fraction of sp³-hybridized carbons (Fsp3) is 0.571. The van der Waals surface area contributed by atoms with Crippen molar-refractivity contribution in [1.29, 1.82) is 0 Å². The molecule has 1 fully saturated rings. The lowest BCUT2D eigenvalue weighted by molar-refractivity contribution is 0.0616. The van der Waals surface area contributed by atoms with Crippen LogP contribution >= 0.6 is 15.9 Å². The number of nitrogens with one attached hydrogen (secondary N) is 1. The molecule has 0 amide bonds. The van der Waals surface area contributed by atoms with Crippen molar-refractivity contribution in [3.05, 3.63) is 34.1 Å². The molecule has 0 aromatic heterocycles. The highest BCUT2D eigenvalue weighted by Gasteiger charge is 2.32. The van der Waals surface area contributed by atoms with Crippen LogP contribution in [0.4, 0.5) is 4.39 Å². The van der Waals surface area contributed by atoms with Crippen LogP contribution in [0, 0.1) is 5.82 Å². The molecule has 1 atom stereocenters. The molecular formula is C14H20BrFN2. The molecule has 2 rings (SSSR count). The van der Waals surface area contributed by atoms with E-state index >= 15 is 0 Å². The fourth-order valence-electron chi connectivity index (χ4n) is 2.33. The third-order valence-corrected chi connectivity index (χ3v) is 4.10. The number of rotatable bonds is 2. The average molecular weight is 315 g/mol. The average Bonchev–Trinajstić information content (AvgIpc) is 2.29. The van der Waals surface area contributed by atoms with E-state index in [9.17, 15) is 4.39 Å². The highest BCUT2D eigenvalue weighted by Crippen LogP contribution is 2.24. The summed E-state index contributed by atoms with van der Waals surface area (Å²) >= 11 is 3.40. The molecule has 2 nitrogen and oxygen atoms in total. The van der Waals surface area contributed by atoms with Crippen LogP contribution in [0.25, 0.3) is 0 Å². The molecule has 1 aromatic carbocycles. The van der Waals surface area contributed by atoms with Crippen LogP contribution in [-0.2, 0) is 6.54 Å². The number of hydrogen-bond donors (Lipinski definition) is 1. The molecule has 0 saturated carbocycles. The molecule has 1 aliphatic heterocycles. The first-order valence-corrected chi connectivity index (χ1v) is 7.10. The van der Waals surface area contributed by atoms with Gasteiger partial charge in [0.1, 0.15) is 5.82 Å². The smallest absolute Gasteiger partial charge is 0.127 e. The van der Waals surface area contributed by atoms with Gasteiger partial charge < -0.3 is 5.32 Å². The standard InChI is InChI=1S/C14H20BrFN2/c1-10-7-18(14(2,3)9-17-10)8-11-6-12(15)4-5-13(11)16/h4-6,10,17H,7-9H2,1-3H3. The van der Waals surface area contributed by atoms with Gasteiger partial charge >= 0.3 is 0 Å². The summed E-state index contributed by atoms with van der Waals surface area (Å²) in [5.74, 6) is -0.125.